The van der Waals surface area contributed by atoms with Crippen molar-refractivity contribution in [2.45, 2.75) is 19.1 Å². The van der Waals surface area contributed by atoms with E-state index >= 15 is 0 Å². The van der Waals surface area contributed by atoms with Gasteiger partial charge in [0.05, 0.1) is 6.10 Å². The summed E-state index contributed by atoms with van der Waals surface area (Å²) in [5, 5.41) is 20.5. The van der Waals surface area contributed by atoms with Gasteiger partial charge < -0.3 is 16.2 Å². The highest BCUT2D eigenvalue weighted by atomic mass is 16.3. The number of benzene rings is 1. The summed E-state index contributed by atoms with van der Waals surface area (Å²) in [6, 6.07) is 8.49. The molecule has 1 aliphatic rings. The number of hydrogen-bond acceptors (Lipinski definition) is 7. The van der Waals surface area contributed by atoms with E-state index in [-0.39, 0.29) is 0 Å². The zero-order valence-corrected chi connectivity index (χ0v) is 13.8. The van der Waals surface area contributed by atoms with Crippen LogP contribution >= 0.6 is 0 Å². The Bertz CT molecular complexity index is 878. The first kappa shape index (κ1) is 15.8. The number of aromatic amines is 1. The number of H-pyrrole nitrogens is 1. The van der Waals surface area contributed by atoms with E-state index in [0.29, 0.717) is 35.8 Å². The monoisotopic (exact) mass is 339 g/mol. The molecule has 0 saturated heterocycles. The number of nitrogens with one attached hydrogen (secondary N) is 2. The van der Waals surface area contributed by atoms with Gasteiger partial charge in [-0.2, -0.15) is 5.10 Å². The van der Waals surface area contributed by atoms with Crippen molar-refractivity contribution in [3.05, 3.63) is 41.7 Å². The number of hydrogen-bond donors (Lipinski definition) is 4. The predicted molar refractivity (Wildman–Crippen MR) is 96.0 cm³/mol. The summed E-state index contributed by atoms with van der Waals surface area (Å²) in [6.45, 7) is 2.84. The van der Waals surface area contributed by atoms with E-state index in [2.05, 4.69) is 54.6 Å². The van der Waals surface area contributed by atoms with Gasteiger partial charge in [0, 0.05) is 26.2 Å². The van der Waals surface area contributed by atoms with Crippen molar-refractivity contribution in [2.24, 2.45) is 0 Å². The minimum absolute atomic E-state index is 0.359. The summed E-state index contributed by atoms with van der Waals surface area (Å²) in [5.41, 5.74) is 9.77. The largest absolute Gasteiger partial charge is 0.390 e. The van der Waals surface area contributed by atoms with Crippen LogP contribution in [0.1, 0.15) is 11.1 Å². The molecule has 5 N–H and O–H groups in total. The van der Waals surface area contributed by atoms with Gasteiger partial charge in [-0.25, -0.2) is 9.97 Å². The van der Waals surface area contributed by atoms with Crippen LogP contribution in [-0.4, -0.2) is 55.9 Å². The van der Waals surface area contributed by atoms with Crippen LogP contribution in [0.3, 0.4) is 0 Å². The Kier molecular flexibility index (Phi) is 4.21. The third-order valence-electron chi connectivity index (χ3n) is 4.56. The normalized spacial score (nSPS) is 15.9. The first-order valence-corrected chi connectivity index (χ1v) is 8.36. The molecule has 0 radical (unpaired) electrons. The lowest BCUT2D eigenvalue weighted by Gasteiger charge is -2.30. The maximum Gasteiger partial charge on any atom is 0.174 e. The third kappa shape index (κ3) is 3.26. The average Bonchev–Trinajstić information content (AvgIpc) is 3.04. The van der Waals surface area contributed by atoms with Crippen LogP contribution in [0.15, 0.2) is 30.6 Å². The van der Waals surface area contributed by atoms with Gasteiger partial charge in [0.2, 0.25) is 0 Å². The molecule has 3 heterocycles. The molecule has 130 valence electrons. The molecule has 0 amide bonds. The van der Waals surface area contributed by atoms with Crippen molar-refractivity contribution >= 4 is 22.7 Å². The molecular formula is C17H21N7O. The average molecular weight is 339 g/mol. The number of aliphatic hydroxyl groups excluding tert-OH is 1. The van der Waals surface area contributed by atoms with E-state index in [1.165, 1.54) is 17.5 Å². The molecule has 1 atom stereocenters. The molecule has 0 saturated carbocycles. The van der Waals surface area contributed by atoms with E-state index in [1.54, 1.807) is 0 Å². The number of anilines is 2. The van der Waals surface area contributed by atoms with Crippen LogP contribution in [0.25, 0.3) is 11.0 Å². The molecule has 0 bridgehead atoms. The molecular weight excluding hydrogens is 318 g/mol. The molecule has 4 rings (SSSR count). The molecule has 0 fully saturated rings. The first-order chi connectivity index (χ1) is 12.2. The zero-order chi connectivity index (χ0) is 17.2. The van der Waals surface area contributed by atoms with Crippen molar-refractivity contribution in [2.75, 3.05) is 30.7 Å². The number of aliphatic hydroxyl groups is 1. The Balaban J connectivity index is 1.35. The van der Waals surface area contributed by atoms with E-state index in [1.807, 2.05) is 0 Å². The highest BCUT2D eigenvalue weighted by Crippen LogP contribution is 2.21. The van der Waals surface area contributed by atoms with Gasteiger partial charge in [-0.05, 0) is 17.5 Å². The number of aromatic nitrogens is 4. The van der Waals surface area contributed by atoms with Gasteiger partial charge in [0.15, 0.2) is 11.6 Å². The zero-order valence-electron chi connectivity index (χ0n) is 13.8. The molecule has 0 unspecified atom stereocenters. The van der Waals surface area contributed by atoms with Gasteiger partial charge in [0.25, 0.3) is 0 Å². The Morgan fingerprint density at radius 3 is 3.00 bits per heavy atom. The van der Waals surface area contributed by atoms with Crippen molar-refractivity contribution in [3.8, 4) is 0 Å². The molecule has 2 aromatic heterocycles. The quantitative estimate of drug-likeness (QED) is 0.542. The molecule has 0 spiro atoms. The second-order valence-corrected chi connectivity index (χ2v) is 6.34. The Hall–Kier alpha value is -2.71. The van der Waals surface area contributed by atoms with E-state index in [9.17, 15) is 5.11 Å². The van der Waals surface area contributed by atoms with Crippen LogP contribution in [0.5, 0.6) is 0 Å². The van der Waals surface area contributed by atoms with Crippen LogP contribution in [-0.2, 0) is 13.0 Å². The number of rotatable bonds is 5. The summed E-state index contributed by atoms with van der Waals surface area (Å²) in [4.78, 5) is 10.4. The molecule has 25 heavy (non-hydrogen) atoms. The lowest BCUT2D eigenvalue weighted by Crippen LogP contribution is -2.39. The summed E-state index contributed by atoms with van der Waals surface area (Å²) in [7, 11) is 0. The van der Waals surface area contributed by atoms with E-state index in [0.717, 1.165) is 19.5 Å². The maximum atomic E-state index is 10.4. The van der Waals surface area contributed by atoms with Gasteiger partial charge in [0.1, 0.15) is 17.4 Å². The van der Waals surface area contributed by atoms with Crippen LogP contribution in [0, 0.1) is 0 Å². The van der Waals surface area contributed by atoms with Crippen LogP contribution in [0.4, 0.5) is 11.6 Å². The van der Waals surface area contributed by atoms with Gasteiger partial charge >= 0.3 is 0 Å². The molecule has 1 aliphatic heterocycles. The van der Waals surface area contributed by atoms with Crippen molar-refractivity contribution in [1.82, 2.24) is 25.1 Å². The van der Waals surface area contributed by atoms with Gasteiger partial charge in [-0.3, -0.25) is 10.00 Å². The van der Waals surface area contributed by atoms with Crippen LogP contribution in [0.2, 0.25) is 0 Å². The fourth-order valence-corrected chi connectivity index (χ4v) is 3.26. The Morgan fingerprint density at radius 2 is 2.12 bits per heavy atom. The fourth-order valence-electron chi connectivity index (χ4n) is 3.26. The van der Waals surface area contributed by atoms with E-state index in [4.69, 9.17) is 5.73 Å². The van der Waals surface area contributed by atoms with Crippen molar-refractivity contribution in [3.63, 3.8) is 0 Å². The maximum absolute atomic E-state index is 10.4. The predicted octanol–water partition coefficient (Wildman–Crippen LogP) is 0.766. The number of fused-ring (bicyclic) bond motifs is 2. The third-order valence-corrected chi connectivity index (χ3v) is 4.56. The number of β-amino-alcohol motifs (C(OH)–C–C–N with tert-alkyl or cyclic N) is 1. The highest BCUT2D eigenvalue weighted by molar-refractivity contribution is 5.91. The number of nitrogens with two attached hydrogens (primary N) is 1. The van der Waals surface area contributed by atoms with Crippen LogP contribution < -0.4 is 11.1 Å². The highest BCUT2D eigenvalue weighted by Gasteiger charge is 2.19. The number of nitrogens with zero attached hydrogens (tertiary/aromatic N) is 4. The van der Waals surface area contributed by atoms with Gasteiger partial charge in [-0.1, -0.05) is 24.3 Å². The Morgan fingerprint density at radius 1 is 1.28 bits per heavy atom. The molecule has 1 aromatic carbocycles. The lowest BCUT2D eigenvalue weighted by molar-refractivity contribution is 0.114. The topological polar surface area (TPSA) is 116 Å². The second-order valence-electron chi connectivity index (χ2n) is 6.34. The summed E-state index contributed by atoms with van der Waals surface area (Å²) in [6.07, 6.45) is 1.92. The summed E-state index contributed by atoms with van der Waals surface area (Å²) in [5.74, 6) is 0.935. The number of nitrogen functional groups attached to an aromatic ring is 1. The minimum atomic E-state index is -0.504. The summed E-state index contributed by atoms with van der Waals surface area (Å²) >= 11 is 0. The minimum Gasteiger partial charge on any atom is -0.390 e. The van der Waals surface area contributed by atoms with Crippen molar-refractivity contribution in [1.29, 1.82) is 0 Å². The van der Waals surface area contributed by atoms with Crippen molar-refractivity contribution < 1.29 is 5.11 Å². The molecule has 3 aromatic rings. The lowest BCUT2D eigenvalue weighted by atomic mass is 10.00. The van der Waals surface area contributed by atoms with E-state index < -0.39 is 6.10 Å². The summed E-state index contributed by atoms with van der Waals surface area (Å²) < 4.78 is 0. The SMILES string of the molecule is Nc1ncnc2c(NC[C@@H](O)CN3CCc4ccccc4C3)n[nH]c12. The Labute approximate surface area is 145 Å². The fraction of sp³-hybridized carbons (Fsp3) is 0.353. The second kappa shape index (κ2) is 6.66. The molecule has 0 aliphatic carbocycles. The van der Waals surface area contributed by atoms with Gasteiger partial charge in [-0.15, -0.1) is 0 Å². The first-order valence-electron chi connectivity index (χ1n) is 8.36. The molecule has 8 nitrogen and oxygen atoms in total. The smallest absolute Gasteiger partial charge is 0.174 e. The standard InChI is InChI=1S/C17H21N7O/c18-16-14-15(20-10-21-16)17(23-22-14)19-7-13(25)9-24-6-5-11-3-1-2-4-12(11)8-24/h1-4,10,13,25H,5-9H2,(H2,18,20,21)(H2,19,22,23)/t13-/m1/s1. The molecule has 8 heteroatoms.